The van der Waals surface area contributed by atoms with Crippen LogP contribution in [0.2, 0.25) is 0 Å². The highest BCUT2D eigenvalue weighted by Gasteiger charge is 2.47. The molecule has 2 rings (SSSR count). The first-order valence-electron chi connectivity index (χ1n) is 8.28. The van der Waals surface area contributed by atoms with Crippen molar-refractivity contribution in [3.05, 3.63) is 0 Å². The zero-order chi connectivity index (χ0) is 18.6. The molecule has 0 spiro atoms. The van der Waals surface area contributed by atoms with Gasteiger partial charge in [-0.2, -0.15) is 0 Å². The van der Waals surface area contributed by atoms with E-state index in [4.69, 9.17) is 4.74 Å². The van der Waals surface area contributed by atoms with Gasteiger partial charge in [0.05, 0.1) is 25.4 Å². The van der Waals surface area contributed by atoms with E-state index in [1.165, 1.54) is 6.92 Å². The summed E-state index contributed by atoms with van der Waals surface area (Å²) in [6.07, 6.45) is 0.934. The molecule has 0 aromatic rings. The predicted octanol–water partition coefficient (Wildman–Crippen LogP) is 0.366. The molecule has 25 heavy (non-hydrogen) atoms. The number of alkyl carbamates (subject to hydrolysis) is 1. The van der Waals surface area contributed by atoms with Crippen LogP contribution in [0.15, 0.2) is 0 Å². The molecule has 1 aliphatic carbocycles. The lowest BCUT2D eigenvalue weighted by molar-refractivity contribution is -0.155. The third kappa shape index (κ3) is 4.34. The standard InChI is InChI=1S/C16H22N2O7/c1-9(13(20)17-16(23)24-2)25-12(19)7-8-18-14(21)10-5-3-4-6-11(10)15(18)22/h9-11H,3-8H2,1-2H3,(H,17,20,23)/t9-,10-,11-/m0/s1. The van der Waals surface area contributed by atoms with Crippen LogP contribution in [0.3, 0.4) is 0 Å². The second-order valence-corrected chi connectivity index (χ2v) is 6.19. The summed E-state index contributed by atoms with van der Waals surface area (Å²) in [5.41, 5.74) is 0. The van der Waals surface area contributed by atoms with Gasteiger partial charge in [0.15, 0.2) is 6.10 Å². The third-order valence-corrected chi connectivity index (χ3v) is 4.56. The van der Waals surface area contributed by atoms with Crippen molar-refractivity contribution in [1.82, 2.24) is 10.2 Å². The summed E-state index contributed by atoms with van der Waals surface area (Å²) in [5, 5.41) is 1.88. The molecular weight excluding hydrogens is 332 g/mol. The first-order chi connectivity index (χ1) is 11.8. The lowest BCUT2D eigenvalue weighted by Crippen LogP contribution is -2.40. The van der Waals surface area contributed by atoms with Crippen molar-refractivity contribution in [2.45, 2.75) is 45.1 Å². The molecule has 0 bridgehead atoms. The quantitative estimate of drug-likeness (QED) is 0.559. The number of esters is 1. The molecule has 0 unspecified atom stereocenters. The van der Waals surface area contributed by atoms with E-state index >= 15 is 0 Å². The van der Waals surface area contributed by atoms with E-state index < -0.39 is 24.1 Å². The molecule has 2 fully saturated rings. The minimum atomic E-state index is -1.20. The number of ether oxygens (including phenoxy) is 2. The van der Waals surface area contributed by atoms with Crippen molar-refractivity contribution >= 4 is 29.8 Å². The van der Waals surface area contributed by atoms with Crippen LogP contribution in [-0.2, 0) is 28.7 Å². The first-order valence-corrected chi connectivity index (χ1v) is 8.28. The van der Waals surface area contributed by atoms with Crippen molar-refractivity contribution in [1.29, 1.82) is 0 Å². The summed E-state index contributed by atoms with van der Waals surface area (Å²) in [4.78, 5) is 60.0. The molecule has 138 valence electrons. The number of imide groups is 2. The maximum Gasteiger partial charge on any atom is 0.413 e. The monoisotopic (exact) mass is 354 g/mol. The molecule has 1 N–H and O–H groups in total. The maximum atomic E-state index is 12.3. The third-order valence-electron chi connectivity index (χ3n) is 4.56. The van der Waals surface area contributed by atoms with Crippen molar-refractivity contribution < 1.29 is 33.4 Å². The fraction of sp³-hybridized carbons (Fsp3) is 0.688. The summed E-state index contributed by atoms with van der Waals surface area (Å²) in [7, 11) is 1.10. The van der Waals surface area contributed by atoms with Crippen LogP contribution >= 0.6 is 0 Å². The number of nitrogens with zero attached hydrogens (tertiary/aromatic N) is 1. The number of hydrogen-bond donors (Lipinski definition) is 1. The highest BCUT2D eigenvalue weighted by Crippen LogP contribution is 2.37. The zero-order valence-electron chi connectivity index (χ0n) is 14.3. The van der Waals surface area contributed by atoms with Crippen LogP contribution in [0.5, 0.6) is 0 Å². The van der Waals surface area contributed by atoms with E-state index in [1.807, 2.05) is 5.32 Å². The summed E-state index contributed by atoms with van der Waals surface area (Å²) >= 11 is 0. The van der Waals surface area contributed by atoms with Gasteiger partial charge in [-0.1, -0.05) is 12.8 Å². The van der Waals surface area contributed by atoms with Gasteiger partial charge < -0.3 is 9.47 Å². The summed E-state index contributed by atoms with van der Waals surface area (Å²) in [6.45, 7) is 1.24. The number of carbonyl (C=O) groups is 5. The average molecular weight is 354 g/mol. The fourth-order valence-electron chi connectivity index (χ4n) is 3.22. The van der Waals surface area contributed by atoms with Gasteiger partial charge in [0.2, 0.25) is 11.8 Å². The Morgan fingerprint density at radius 1 is 1.16 bits per heavy atom. The lowest BCUT2D eigenvalue weighted by atomic mass is 9.81. The molecule has 3 atom stereocenters. The zero-order valence-corrected chi connectivity index (χ0v) is 14.3. The Kier molecular flexibility index (Phi) is 6.11. The number of likely N-dealkylation sites (tertiary alicyclic amines) is 1. The van der Waals surface area contributed by atoms with E-state index in [-0.39, 0.29) is 36.6 Å². The molecule has 1 saturated heterocycles. The average Bonchev–Trinajstić information content (AvgIpc) is 2.84. The second kappa shape index (κ2) is 8.09. The molecule has 9 nitrogen and oxygen atoms in total. The molecule has 1 heterocycles. The Balaban J connectivity index is 1.81. The van der Waals surface area contributed by atoms with Crippen LogP contribution in [0, 0.1) is 11.8 Å². The number of rotatable bonds is 5. The number of nitrogens with one attached hydrogen (secondary N) is 1. The molecule has 0 aromatic heterocycles. The van der Waals surface area contributed by atoms with Crippen molar-refractivity contribution in [3.63, 3.8) is 0 Å². The predicted molar refractivity (Wildman–Crippen MR) is 82.9 cm³/mol. The number of methoxy groups -OCH3 is 1. The molecular formula is C16H22N2O7. The number of amides is 4. The van der Waals surface area contributed by atoms with E-state index in [2.05, 4.69) is 4.74 Å². The minimum Gasteiger partial charge on any atom is -0.453 e. The van der Waals surface area contributed by atoms with Gasteiger partial charge in [0.25, 0.3) is 5.91 Å². The van der Waals surface area contributed by atoms with Crippen LogP contribution in [0.4, 0.5) is 4.79 Å². The molecule has 9 heteroatoms. The molecule has 0 aromatic carbocycles. The minimum absolute atomic E-state index is 0.0607. The fourth-order valence-corrected chi connectivity index (χ4v) is 3.22. The van der Waals surface area contributed by atoms with Gasteiger partial charge in [-0.3, -0.25) is 29.4 Å². The van der Waals surface area contributed by atoms with Gasteiger partial charge in [0, 0.05) is 6.54 Å². The van der Waals surface area contributed by atoms with Gasteiger partial charge in [-0.05, 0) is 19.8 Å². The Morgan fingerprint density at radius 2 is 1.72 bits per heavy atom. The number of hydrogen-bond acceptors (Lipinski definition) is 7. The maximum absolute atomic E-state index is 12.3. The second-order valence-electron chi connectivity index (χ2n) is 6.19. The van der Waals surface area contributed by atoms with E-state index in [0.29, 0.717) is 12.8 Å². The lowest BCUT2D eigenvalue weighted by Gasteiger charge is -2.19. The number of fused-ring (bicyclic) bond motifs is 1. The van der Waals surface area contributed by atoms with Gasteiger partial charge in [-0.25, -0.2) is 4.79 Å². The molecule has 2 aliphatic rings. The Morgan fingerprint density at radius 3 is 2.24 bits per heavy atom. The summed E-state index contributed by atoms with van der Waals surface area (Å²) < 4.78 is 9.17. The van der Waals surface area contributed by atoms with E-state index in [9.17, 15) is 24.0 Å². The van der Waals surface area contributed by atoms with Gasteiger partial charge in [0.1, 0.15) is 0 Å². The molecule has 1 saturated carbocycles. The highest BCUT2D eigenvalue weighted by atomic mass is 16.6. The summed E-state index contributed by atoms with van der Waals surface area (Å²) in [5.74, 6) is -2.52. The van der Waals surface area contributed by atoms with Crippen LogP contribution in [-0.4, -0.2) is 54.4 Å². The van der Waals surface area contributed by atoms with Crippen LogP contribution < -0.4 is 5.32 Å². The van der Waals surface area contributed by atoms with E-state index in [0.717, 1.165) is 24.9 Å². The Hall–Kier alpha value is -2.45. The van der Waals surface area contributed by atoms with Crippen molar-refractivity contribution in [2.24, 2.45) is 11.8 Å². The Labute approximate surface area is 145 Å². The molecule has 1 aliphatic heterocycles. The van der Waals surface area contributed by atoms with Gasteiger partial charge in [-0.15, -0.1) is 0 Å². The van der Waals surface area contributed by atoms with E-state index in [1.54, 1.807) is 0 Å². The molecule has 4 amide bonds. The smallest absolute Gasteiger partial charge is 0.413 e. The highest BCUT2D eigenvalue weighted by molar-refractivity contribution is 6.05. The SMILES string of the molecule is COC(=O)NC(=O)[C@H](C)OC(=O)CCN1C(=O)[C@H]2CCCC[C@@H]2C1=O. The largest absolute Gasteiger partial charge is 0.453 e. The van der Waals surface area contributed by atoms with Gasteiger partial charge >= 0.3 is 12.1 Å². The van der Waals surface area contributed by atoms with Crippen LogP contribution in [0.1, 0.15) is 39.0 Å². The summed E-state index contributed by atoms with van der Waals surface area (Å²) in [6, 6.07) is 0. The Bertz CT molecular complexity index is 565. The topological polar surface area (TPSA) is 119 Å². The van der Waals surface area contributed by atoms with Crippen molar-refractivity contribution in [2.75, 3.05) is 13.7 Å². The number of carbonyl (C=O) groups excluding carboxylic acids is 5. The molecule has 0 radical (unpaired) electrons. The first kappa shape index (κ1) is 18.9. The van der Waals surface area contributed by atoms with Crippen LogP contribution in [0.25, 0.3) is 0 Å². The normalized spacial score (nSPS) is 23.7. The van der Waals surface area contributed by atoms with Crippen molar-refractivity contribution in [3.8, 4) is 0 Å².